The van der Waals surface area contributed by atoms with Gasteiger partial charge in [0.05, 0.1) is 10.7 Å². The Kier molecular flexibility index (Phi) is 7.45. The summed E-state index contributed by atoms with van der Waals surface area (Å²) >= 11 is 1.65. The van der Waals surface area contributed by atoms with Crippen molar-refractivity contribution < 1.29 is 19.2 Å². The molecule has 2 atom stereocenters. The monoisotopic (exact) mass is 531 g/mol. The number of hydrogen-bond acceptors (Lipinski definition) is 8. The number of esters is 1. The molecule has 0 spiro atoms. The summed E-state index contributed by atoms with van der Waals surface area (Å²) in [6, 6.07) is 14.1. The quantitative estimate of drug-likeness (QED) is 0.286. The van der Waals surface area contributed by atoms with Crippen molar-refractivity contribution in [2.75, 3.05) is 13.1 Å². The first-order chi connectivity index (χ1) is 18.3. The molecule has 8 heteroatoms. The molecule has 0 N–H and O–H groups in total. The summed E-state index contributed by atoms with van der Waals surface area (Å²) in [7, 11) is 0. The molecule has 7 nitrogen and oxygen atoms in total. The van der Waals surface area contributed by atoms with Gasteiger partial charge >= 0.3 is 5.97 Å². The summed E-state index contributed by atoms with van der Waals surface area (Å²) < 4.78 is 5.79. The van der Waals surface area contributed by atoms with Crippen molar-refractivity contribution in [1.29, 1.82) is 0 Å². The SMILES string of the molecule is CC(=O)OC(C=O)(c1cc(C)ccc1C)N1CCC(c2nc(C3=NOC(c4ccccc4C)C3)cs2)CC1. The van der Waals surface area contributed by atoms with Crippen molar-refractivity contribution in [2.45, 2.75) is 64.7 Å². The lowest BCUT2D eigenvalue weighted by molar-refractivity contribution is -0.188. The molecule has 198 valence electrons. The third-order valence-corrected chi connectivity index (χ3v) is 8.58. The number of thiazole rings is 1. The number of aldehydes is 1. The van der Waals surface area contributed by atoms with Gasteiger partial charge in [0.1, 0.15) is 5.71 Å². The number of carbonyl (C=O) groups is 2. The fourth-order valence-corrected chi connectivity index (χ4v) is 6.50. The maximum atomic E-state index is 12.6. The van der Waals surface area contributed by atoms with Gasteiger partial charge in [-0.15, -0.1) is 11.3 Å². The first-order valence-corrected chi connectivity index (χ1v) is 13.9. The van der Waals surface area contributed by atoms with E-state index in [1.54, 1.807) is 11.3 Å². The number of oxime groups is 1. The second-order valence-corrected chi connectivity index (χ2v) is 11.1. The molecule has 0 radical (unpaired) electrons. The van der Waals surface area contributed by atoms with Gasteiger partial charge in [0, 0.05) is 43.3 Å². The average Bonchev–Trinajstić information content (AvgIpc) is 3.59. The number of nitrogens with zero attached hydrogens (tertiary/aromatic N) is 3. The molecule has 1 aromatic heterocycles. The van der Waals surface area contributed by atoms with Crippen LogP contribution >= 0.6 is 11.3 Å². The van der Waals surface area contributed by atoms with Gasteiger partial charge in [0.25, 0.3) is 0 Å². The highest BCUT2D eigenvalue weighted by Gasteiger charge is 2.45. The Morgan fingerprint density at radius 2 is 1.89 bits per heavy atom. The molecule has 2 unspecified atom stereocenters. The van der Waals surface area contributed by atoms with Crippen molar-refractivity contribution in [1.82, 2.24) is 9.88 Å². The van der Waals surface area contributed by atoms with Crippen molar-refractivity contribution in [3.05, 3.63) is 86.4 Å². The normalized spacial score (nSPS) is 19.9. The second-order valence-electron chi connectivity index (χ2n) is 10.3. The van der Waals surface area contributed by atoms with Crippen LogP contribution in [0.2, 0.25) is 0 Å². The van der Waals surface area contributed by atoms with Crippen LogP contribution in [-0.4, -0.2) is 40.9 Å². The van der Waals surface area contributed by atoms with Gasteiger partial charge in [-0.3, -0.25) is 14.5 Å². The molecule has 2 aliphatic rings. The van der Waals surface area contributed by atoms with E-state index in [0.717, 1.165) is 57.8 Å². The molecule has 1 fully saturated rings. The number of rotatable bonds is 7. The maximum Gasteiger partial charge on any atom is 0.305 e. The van der Waals surface area contributed by atoms with Crippen LogP contribution in [0.1, 0.15) is 76.7 Å². The lowest BCUT2D eigenvalue weighted by Crippen LogP contribution is -2.53. The number of ether oxygens (including phenoxy) is 1. The number of carbonyl (C=O) groups excluding carboxylic acids is 2. The van der Waals surface area contributed by atoms with Crippen LogP contribution in [0.3, 0.4) is 0 Å². The number of aryl methyl sites for hydroxylation is 3. The molecule has 0 saturated carbocycles. The zero-order chi connectivity index (χ0) is 26.9. The fourth-order valence-electron chi connectivity index (χ4n) is 5.50. The number of benzene rings is 2. The molecule has 3 aromatic rings. The van der Waals surface area contributed by atoms with Crippen molar-refractivity contribution in [3.8, 4) is 0 Å². The minimum Gasteiger partial charge on any atom is -0.432 e. The topological polar surface area (TPSA) is 81.1 Å². The van der Waals surface area contributed by atoms with Gasteiger partial charge in [-0.2, -0.15) is 0 Å². The molecular formula is C30H33N3O4S. The number of likely N-dealkylation sites (tertiary alicyclic amines) is 1. The maximum absolute atomic E-state index is 12.6. The standard InChI is InChI=1S/C30H33N3O4S/c1-19-9-10-21(3)25(15-19)30(18-34,36-22(4)35)33-13-11-23(12-14-33)29-31-27(17-38-29)26-16-28(37-32-26)24-8-6-5-7-20(24)2/h5-10,15,17-18,23,28H,11-14,16H2,1-4H3. The Morgan fingerprint density at radius 1 is 1.13 bits per heavy atom. The largest absolute Gasteiger partial charge is 0.432 e. The highest BCUT2D eigenvalue weighted by atomic mass is 32.1. The number of aromatic nitrogens is 1. The lowest BCUT2D eigenvalue weighted by atomic mass is 9.90. The number of piperidine rings is 1. The summed E-state index contributed by atoms with van der Waals surface area (Å²) in [5.74, 6) is -0.214. The first-order valence-electron chi connectivity index (χ1n) is 13.0. The molecule has 1 saturated heterocycles. The van der Waals surface area contributed by atoms with Crippen molar-refractivity contribution >= 4 is 29.3 Å². The van der Waals surface area contributed by atoms with Crippen LogP contribution in [0.15, 0.2) is 53.0 Å². The van der Waals surface area contributed by atoms with E-state index in [2.05, 4.69) is 29.6 Å². The summed E-state index contributed by atoms with van der Waals surface area (Å²) in [6.07, 6.45) is 3.02. The summed E-state index contributed by atoms with van der Waals surface area (Å²) in [6.45, 7) is 8.58. The molecule has 3 heterocycles. The van der Waals surface area contributed by atoms with E-state index < -0.39 is 11.7 Å². The fraction of sp³-hybridized carbons (Fsp3) is 0.400. The van der Waals surface area contributed by atoms with Gasteiger partial charge in [-0.25, -0.2) is 4.98 Å². The van der Waals surface area contributed by atoms with Crippen molar-refractivity contribution in [3.63, 3.8) is 0 Å². The molecule has 2 aromatic carbocycles. The third kappa shape index (κ3) is 5.02. The Hall–Kier alpha value is -3.36. The van der Waals surface area contributed by atoms with Crippen LogP contribution in [0, 0.1) is 20.8 Å². The summed E-state index contributed by atoms with van der Waals surface area (Å²) in [5.41, 5.74) is 5.33. The van der Waals surface area contributed by atoms with Crippen LogP contribution in [0.5, 0.6) is 0 Å². The van der Waals surface area contributed by atoms with Crippen LogP contribution < -0.4 is 0 Å². The van der Waals surface area contributed by atoms with E-state index in [0.29, 0.717) is 19.5 Å². The highest BCUT2D eigenvalue weighted by Crippen LogP contribution is 2.39. The number of hydrogen-bond donors (Lipinski definition) is 0. The van der Waals surface area contributed by atoms with Gasteiger partial charge in [-0.05, 0) is 56.4 Å². The van der Waals surface area contributed by atoms with E-state index in [9.17, 15) is 9.59 Å². The van der Waals surface area contributed by atoms with E-state index >= 15 is 0 Å². The van der Waals surface area contributed by atoms with Crippen LogP contribution in [0.4, 0.5) is 0 Å². The molecule has 0 aliphatic carbocycles. The zero-order valence-corrected chi connectivity index (χ0v) is 23.1. The van der Waals surface area contributed by atoms with Crippen LogP contribution in [0.25, 0.3) is 0 Å². The smallest absolute Gasteiger partial charge is 0.305 e. The predicted octanol–water partition coefficient (Wildman–Crippen LogP) is 5.73. The van der Waals surface area contributed by atoms with Crippen LogP contribution in [-0.2, 0) is 24.9 Å². The van der Waals surface area contributed by atoms with E-state index in [1.165, 1.54) is 12.5 Å². The molecule has 5 rings (SSSR count). The third-order valence-electron chi connectivity index (χ3n) is 7.57. The average molecular weight is 532 g/mol. The van der Waals surface area contributed by atoms with Gasteiger partial charge in [-0.1, -0.05) is 47.1 Å². The van der Waals surface area contributed by atoms with E-state index in [4.69, 9.17) is 14.6 Å². The Balaban J connectivity index is 1.29. The molecule has 0 amide bonds. The lowest BCUT2D eigenvalue weighted by Gasteiger charge is -2.43. The van der Waals surface area contributed by atoms with Gasteiger partial charge < -0.3 is 9.57 Å². The van der Waals surface area contributed by atoms with Crippen molar-refractivity contribution in [2.24, 2.45) is 5.16 Å². The van der Waals surface area contributed by atoms with Gasteiger partial charge in [0.2, 0.25) is 5.72 Å². The molecule has 38 heavy (non-hydrogen) atoms. The van der Waals surface area contributed by atoms with E-state index in [1.807, 2.05) is 49.1 Å². The minimum absolute atomic E-state index is 0.0811. The molecule has 0 bridgehead atoms. The molecular weight excluding hydrogens is 498 g/mol. The summed E-state index contributed by atoms with van der Waals surface area (Å²) in [4.78, 5) is 37.5. The van der Waals surface area contributed by atoms with E-state index in [-0.39, 0.29) is 12.0 Å². The molecule has 2 aliphatic heterocycles. The summed E-state index contributed by atoms with van der Waals surface area (Å²) in [5, 5.41) is 7.49. The highest BCUT2D eigenvalue weighted by molar-refractivity contribution is 7.10. The second kappa shape index (κ2) is 10.8. The zero-order valence-electron chi connectivity index (χ0n) is 22.3. The minimum atomic E-state index is -1.43. The van der Waals surface area contributed by atoms with Gasteiger partial charge in [0.15, 0.2) is 12.4 Å². The predicted molar refractivity (Wildman–Crippen MR) is 147 cm³/mol. The Labute approximate surface area is 227 Å². The first kappa shape index (κ1) is 26.3. The Morgan fingerprint density at radius 3 is 2.61 bits per heavy atom. The Bertz CT molecular complexity index is 1380.